The molecular weight excluding hydrogens is 1120 g/mol. The van der Waals surface area contributed by atoms with Crippen LogP contribution in [0.25, 0.3) is 43.5 Å². The molecule has 5 fully saturated rings. The molecule has 4 saturated carbocycles. The minimum absolute atomic E-state index is 0.0101. The summed E-state index contributed by atoms with van der Waals surface area (Å²) in [5.74, 6) is -2.85. The van der Waals surface area contributed by atoms with E-state index in [4.69, 9.17) is 44.2 Å². The molecule has 0 spiro atoms. The van der Waals surface area contributed by atoms with E-state index in [9.17, 15) is 44.7 Å². The number of aliphatic hydroxyl groups is 3. The molecule has 23 nitrogen and oxygen atoms in total. The van der Waals surface area contributed by atoms with Gasteiger partial charge in [-0.05, 0) is 116 Å². The van der Waals surface area contributed by atoms with Crippen molar-refractivity contribution in [2.45, 2.75) is 109 Å². The second-order valence-corrected chi connectivity index (χ2v) is 24.8. The minimum Gasteiger partial charge on any atom is -0.491 e. The van der Waals surface area contributed by atoms with Gasteiger partial charge in [0.05, 0.1) is 58.6 Å². The summed E-state index contributed by atoms with van der Waals surface area (Å²) >= 11 is 1.38. The number of aliphatic hydroxyl groups excluding tert-OH is 3. The van der Waals surface area contributed by atoms with Gasteiger partial charge in [-0.25, -0.2) is 24.4 Å². The molecule has 24 heteroatoms. The number of anilines is 1. The Morgan fingerprint density at radius 1 is 0.847 bits per heavy atom. The second kappa shape index (κ2) is 23.6. The zero-order valence-corrected chi connectivity index (χ0v) is 48.3. The van der Waals surface area contributed by atoms with Gasteiger partial charge in [-0.1, -0.05) is 43.4 Å². The first-order valence-electron chi connectivity index (χ1n) is 28.1. The number of carbonyl (C=O) groups is 4. The Morgan fingerprint density at radius 3 is 2.39 bits per heavy atom. The summed E-state index contributed by atoms with van der Waals surface area (Å²) in [4.78, 5) is 67.4. The lowest BCUT2D eigenvalue weighted by Crippen LogP contribution is -2.64. The number of aromatic carboxylic acids is 1. The first-order chi connectivity index (χ1) is 40.6. The van der Waals surface area contributed by atoms with Crippen molar-refractivity contribution in [2.75, 3.05) is 51.9 Å². The second-order valence-electron chi connectivity index (χ2n) is 23.8. The van der Waals surface area contributed by atoms with Crippen LogP contribution in [-0.2, 0) is 36.9 Å². The fraction of sp³-hybridized carbons (Fsp3) is 0.443. The van der Waals surface area contributed by atoms with Crippen molar-refractivity contribution in [3.63, 3.8) is 0 Å². The van der Waals surface area contributed by atoms with Crippen molar-refractivity contribution in [1.29, 1.82) is 0 Å². The number of nitrogens with zero attached hydrogens (tertiary/aromatic N) is 6. The lowest BCUT2D eigenvalue weighted by Gasteiger charge is -2.69. The molecule has 7 atom stereocenters. The molecule has 8 N–H and O–H groups in total. The molecule has 4 aliphatic carbocycles. The Balaban J connectivity index is 0.753. The van der Waals surface area contributed by atoms with E-state index in [1.165, 1.54) is 22.3 Å². The van der Waals surface area contributed by atoms with Crippen LogP contribution in [0.3, 0.4) is 0 Å². The Hall–Kier alpha value is -7.68. The van der Waals surface area contributed by atoms with E-state index < -0.39 is 54.3 Å². The van der Waals surface area contributed by atoms with Gasteiger partial charge in [-0.3, -0.25) is 19.8 Å². The van der Waals surface area contributed by atoms with Crippen LogP contribution in [0, 0.1) is 23.2 Å². The molecule has 0 radical (unpaired) electrons. The summed E-state index contributed by atoms with van der Waals surface area (Å²) in [6, 6.07) is 22.8. The molecule has 3 aromatic carbocycles. The monoisotopic (exact) mass is 1180 g/mol. The Bertz CT molecular complexity index is 3640. The van der Waals surface area contributed by atoms with Gasteiger partial charge in [-0.2, -0.15) is 5.10 Å². The molecular formula is C61H68N8O15S. The first-order valence-corrected chi connectivity index (χ1v) is 28.9. The fourth-order valence-electron chi connectivity index (χ4n) is 14.2. The predicted octanol–water partition coefficient (Wildman–Crippen LogP) is 7.06. The smallest absolute Gasteiger partial charge is 0.409 e. The van der Waals surface area contributed by atoms with Gasteiger partial charge in [0, 0.05) is 72.3 Å². The molecule has 1 aliphatic heterocycles. The number of carboxylic acid groups (broad SMARTS) is 2. The maximum absolute atomic E-state index is 13.7. The van der Waals surface area contributed by atoms with Gasteiger partial charge in [-0.15, -0.1) is 0 Å². The van der Waals surface area contributed by atoms with Gasteiger partial charge in [0.2, 0.25) is 6.29 Å². The Labute approximate surface area is 492 Å². The summed E-state index contributed by atoms with van der Waals surface area (Å²) in [6.45, 7) is 8.35. The van der Waals surface area contributed by atoms with Crippen molar-refractivity contribution < 1.29 is 73.1 Å². The fourth-order valence-corrected chi connectivity index (χ4v) is 15.1. The maximum atomic E-state index is 13.7. The van der Waals surface area contributed by atoms with Crippen LogP contribution in [0.5, 0.6) is 11.5 Å². The average Bonchev–Trinajstić information content (AvgIpc) is 2.26. The van der Waals surface area contributed by atoms with Crippen LogP contribution in [0.4, 0.5) is 9.93 Å². The molecule has 5 heterocycles. The highest BCUT2D eigenvalue weighted by molar-refractivity contribution is 7.22. The van der Waals surface area contributed by atoms with Crippen LogP contribution in [0.1, 0.15) is 84.5 Å². The summed E-state index contributed by atoms with van der Waals surface area (Å²) in [6.07, 6.45) is -1.28. The van der Waals surface area contributed by atoms with Crippen LogP contribution >= 0.6 is 11.3 Å². The van der Waals surface area contributed by atoms with Crippen molar-refractivity contribution in [1.82, 2.24) is 29.6 Å². The number of carboxylic acids is 2. The zero-order valence-electron chi connectivity index (χ0n) is 47.4. The first kappa shape index (κ1) is 59.1. The van der Waals surface area contributed by atoms with Crippen molar-refractivity contribution >= 4 is 61.5 Å². The number of fused-ring (bicyclic) bond motifs is 2. The number of nitrogens with one attached hydrogen (secondary N) is 1. The van der Waals surface area contributed by atoms with Crippen LogP contribution in [0.2, 0.25) is 0 Å². The average molecular weight is 1190 g/mol. The van der Waals surface area contributed by atoms with E-state index in [1.54, 1.807) is 68.0 Å². The number of aliphatic carboxylic acids is 1. The number of amides is 2. The molecule has 448 valence electrons. The lowest BCUT2D eigenvalue weighted by atomic mass is 9.39. The third kappa shape index (κ3) is 12.3. The van der Waals surface area contributed by atoms with Crippen molar-refractivity contribution in [2.24, 2.45) is 22.0 Å². The van der Waals surface area contributed by atoms with Crippen LogP contribution in [0.15, 0.2) is 91.3 Å². The topological polar surface area (TPSA) is 323 Å². The number of benzene rings is 3. The van der Waals surface area contributed by atoms with Gasteiger partial charge in [0.15, 0.2) is 16.9 Å². The quantitative estimate of drug-likeness (QED) is 0.0334. The number of thiazole rings is 1. The molecule has 2 amide bonds. The highest BCUT2D eigenvalue weighted by atomic mass is 32.1. The van der Waals surface area contributed by atoms with Gasteiger partial charge >= 0.3 is 18.0 Å². The van der Waals surface area contributed by atoms with E-state index in [-0.39, 0.29) is 66.6 Å². The third-order valence-electron chi connectivity index (χ3n) is 16.8. The standard InChI is InChI=1S/C61H68N8O15S/c1-34-41(38-12-14-42(65-47(38)53(74)75)35-10-13-43-40(23-35)39(15-17-63-43)52(73)67-56-66-44-7-5-6-8-46(44)85-56)25-64-69(34)33-60-28-58(2)27-59(3,29-60)31-61(30-58,32-60)82-20-18-68(4)57(78)81-26-36-9-11-37(80-22-21-79-19-16-62)24-45(36)83-55-50(72)48(70)49(71)51(84-55)54(76)77/h5-15,17,23-25,48-51,55,70-72H,16,18-22,26-33,62H2,1-4H3,(H,74,75)(H,76,77)(H,66,67,73)/t48-,49-,50+,51-,55+,58?,59?,60?,61?/m0/s1. The number of hydrogen-bond acceptors (Lipinski definition) is 19. The van der Waals surface area contributed by atoms with Crippen molar-refractivity contribution in [3.05, 3.63) is 114 Å². The summed E-state index contributed by atoms with van der Waals surface area (Å²) in [7, 11) is 1.60. The zero-order chi connectivity index (χ0) is 60.0. The van der Waals surface area contributed by atoms with Gasteiger partial charge in [0.25, 0.3) is 5.91 Å². The number of aromatic nitrogens is 5. The Kier molecular flexibility index (Phi) is 16.4. The molecule has 12 rings (SSSR count). The highest BCUT2D eigenvalue weighted by Gasteiger charge is 2.66. The SMILES string of the molecule is Cc1c(-c2ccc(-c3ccc4nccc(C(=O)Nc5nc6ccccc6s5)c4c3)nc2C(=O)O)cnn1CC12CC3(C)CC(C)(C1)CC(OCCN(C)C(=O)OCc1ccc(OCCOCCN)cc1O[C@@H]1O[C@H](C(=O)O)[C@@H](O)[C@H](O)[C@H]1O)(C3)C2. The molecule has 2 unspecified atom stereocenters. The molecule has 85 heavy (non-hydrogen) atoms. The number of likely N-dealkylation sites (N-methyl/N-ethyl adjacent to an activating group) is 1. The minimum atomic E-state index is -1.93. The number of rotatable bonds is 22. The summed E-state index contributed by atoms with van der Waals surface area (Å²) in [5.41, 5.74) is 9.56. The molecule has 4 aromatic heterocycles. The van der Waals surface area contributed by atoms with Crippen molar-refractivity contribution in [3.8, 4) is 33.9 Å². The number of nitrogens with two attached hydrogens (primary N) is 1. The number of hydrogen-bond donors (Lipinski definition) is 7. The lowest BCUT2D eigenvalue weighted by molar-refractivity contribution is -0.271. The molecule has 4 bridgehead atoms. The predicted molar refractivity (Wildman–Crippen MR) is 310 cm³/mol. The number of pyridine rings is 2. The van der Waals surface area contributed by atoms with E-state index >= 15 is 0 Å². The van der Waals surface area contributed by atoms with Crippen LogP contribution in [-0.4, -0.2) is 162 Å². The molecule has 7 aromatic rings. The summed E-state index contributed by atoms with van der Waals surface area (Å²) < 4.78 is 38.1. The number of ether oxygens (including phenoxy) is 6. The third-order valence-corrected chi connectivity index (χ3v) is 17.7. The number of carbonyl (C=O) groups excluding carboxylic acids is 2. The Morgan fingerprint density at radius 2 is 1.64 bits per heavy atom. The summed E-state index contributed by atoms with van der Waals surface area (Å²) in [5, 5.41) is 60.6. The normalized spacial score (nSPS) is 25.9. The van der Waals surface area contributed by atoms with E-state index in [0.29, 0.717) is 75.0 Å². The van der Waals surface area contributed by atoms with E-state index in [2.05, 4.69) is 29.1 Å². The van der Waals surface area contributed by atoms with Crippen LogP contribution < -0.4 is 20.5 Å². The van der Waals surface area contributed by atoms with E-state index in [0.717, 1.165) is 54.4 Å². The molecule has 1 saturated heterocycles. The van der Waals surface area contributed by atoms with Gasteiger partial charge < -0.3 is 64.6 Å². The molecule has 5 aliphatic rings. The van der Waals surface area contributed by atoms with Gasteiger partial charge in [0.1, 0.15) is 43.0 Å². The largest absolute Gasteiger partial charge is 0.491 e. The number of para-hydroxylation sites is 1. The highest BCUT2D eigenvalue weighted by Crippen LogP contribution is 2.72. The van der Waals surface area contributed by atoms with E-state index in [1.807, 2.05) is 35.9 Å². The maximum Gasteiger partial charge on any atom is 0.409 e.